The molecular formula is C24H25F4N5O2. The number of fused-ring (bicyclic) bond motifs is 1. The van der Waals surface area contributed by atoms with Gasteiger partial charge >= 0.3 is 6.18 Å². The number of hydrogen-bond donors (Lipinski definition) is 2. The van der Waals surface area contributed by atoms with Gasteiger partial charge in [-0.05, 0) is 44.5 Å². The Labute approximate surface area is 199 Å². The molecule has 0 aromatic carbocycles. The summed E-state index contributed by atoms with van der Waals surface area (Å²) in [4.78, 5) is 14.0. The van der Waals surface area contributed by atoms with Crippen LogP contribution in [0.25, 0.3) is 5.52 Å². The number of pyridine rings is 1. The normalized spacial score (nSPS) is 18.8. The summed E-state index contributed by atoms with van der Waals surface area (Å²) in [6.07, 6.45) is -4.97. The summed E-state index contributed by atoms with van der Waals surface area (Å²) in [6, 6.07) is 5.85. The number of carbonyl (C=O) groups excluding carboxylic acids is 1. The number of rotatable bonds is 5. The Kier molecular flexibility index (Phi) is 7.03. The van der Waals surface area contributed by atoms with Crippen LogP contribution in [0.15, 0.2) is 34.9 Å². The molecular weight excluding hydrogens is 466 g/mol. The summed E-state index contributed by atoms with van der Waals surface area (Å²) in [6.45, 7) is 2.58. The van der Waals surface area contributed by atoms with E-state index in [0.29, 0.717) is 30.1 Å². The van der Waals surface area contributed by atoms with Crippen LogP contribution in [0.3, 0.4) is 0 Å². The van der Waals surface area contributed by atoms with Crippen molar-refractivity contribution >= 4 is 17.2 Å². The molecule has 0 saturated carbocycles. The average molecular weight is 491 g/mol. The minimum absolute atomic E-state index is 0.0508. The number of nitrogens with one attached hydrogen (secondary N) is 2. The van der Waals surface area contributed by atoms with Gasteiger partial charge in [-0.2, -0.15) is 18.3 Å². The monoisotopic (exact) mass is 491 g/mol. The van der Waals surface area contributed by atoms with E-state index in [2.05, 4.69) is 27.6 Å². The average Bonchev–Trinajstić information content (AvgIpc) is 3.36. The van der Waals surface area contributed by atoms with E-state index in [-0.39, 0.29) is 29.9 Å². The first-order chi connectivity index (χ1) is 16.6. The van der Waals surface area contributed by atoms with Crippen molar-refractivity contribution in [1.29, 1.82) is 0 Å². The topological polar surface area (TPSA) is 74.8 Å². The molecule has 0 unspecified atom stereocenters. The molecule has 2 atom stereocenters. The highest BCUT2D eigenvalue weighted by atomic mass is 19.4. The van der Waals surface area contributed by atoms with Gasteiger partial charge in [-0.1, -0.05) is 12.0 Å². The highest BCUT2D eigenvalue weighted by Gasteiger charge is 2.32. The Balaban J connectivity index is 1.59. The molecule has 1 amide bonds. The minimum Gasteiger partial charge on any atom is -0.469 e. The molecule has 0 aliphatic carbocycles. The van der Waals surface area contributed by atoms with Crippen LogP contribution in [0.4, 0.5) is 23.4 Å². The van der Waals surface area contributed by atoms with Crippen molar-refractivity contribution in [3.8, 4) is 11.8 Å². The predicted molar refractivity (Wildman–Crippen MR) is 122 cm³/mol. The Hall–Kier alpha value is -3.52. The predicted octanol–water partition coefficient (Wildman–Crippen LogP) is 3.58. The largest absolute Gasteiger partial charge is 0.469 e. The second-order valence-electron chi connectivity index (χ2n) is 8.58. The number of carbonyl (C=O) groups is 1. The fourth-order valence-electron chi connectivity index (χ4n) is 4.03. The molecule has 4 heterocycles. The Bertz CT molecular complexity index is 1270. The zero-order valence-corrected chi connectivity index (χ0v) is 19.2. The molecule has 0 bridgehead atoms. The number of hydrogen-bond acceptors (Lipinski definition) is 5. The van der Waals surface area contributed by atoms with Crippen molar-refractivity contribution in [1.82, 2.24) is 19.8 Å². The number of aryl methyl sites for hydroxylation is 1. The molecule has 1 aliphatic rings. The van der Waals surface area contributed by atoms with Gasteiger partial charge in [-0.15, -0.1) is 0 Å². The molecule has 0 radical (unpaired) electrons. The number of alkyl halides is 4. The molecule has 0 spiro atoms. The van der Waals surface area contributed by atoms with Crippen molar-refractivity contribution < 1.29 is 26.8 Å². The van der Waals surface area contributed by atoms with Crippen molar-refractivity contribution in [2.24, 2.45) is 0 Å². The lowest BCUT2D eigenvalue weighted by Crippen LogP contribution is -2.46. The number of nitrogens with zero attached hydrogens (tertiary/aromatic N) is 3. The first-order valence-corrected chi connectivity index (χ1v) is 11.1. The van der Waals surface area contributed by atoms with E-state index < -0.39 is 30.7 Å². The third-order valence-corrected chi connectivity index (χ3v) is 5.75. The van der Waals surface area contributed by atoms with E-state index in [1.54, 1.807) is 25.1 Å². The summed E-state index contributed by atoms with van der Waals surface area (Å²) in [5, 5.41) is 9.97. The van der Waals surface area contributed by atoms with Crippen molar-refractivity contribution in [2.45, 2.75) is 38.2 Å². The SMILES string of the molecule is Cc1cc(C(=O)NCC#Cc2nn3c(N[C@@H]4CCN(C)C[C@@H]4F)cccc3c2CC(F)(F)F)co1. The summed E-state index contributed by atoms with van der Waals surface area (Å²) in [5.74, 6) is 5.88. The van der Waals surface area contributed by atoms with Crippen LogP contribution in [0, 0.1) is 18.8 Å². The van der Waals surface area contributed by atoms with E-state index in [9.17, 15) is 22.4 Å². The molecule has 1 saturated heterocycles. The second-order valence-corrected chi connectivity index (χ2v) is 8.58. The number of likely N-dealkylation sites (tertiary alicyclic amines) is 1. The maximum Gasteiger partial charge on any atom is 0.393 e. The number of furan rings is 1. The van der Waals surface area contributed by atoms with Crippen LogP contribution in [0.5, 0.6) is 0 Å². The summed E-state index contributed by atoms with van der Waals surface area (Å²) < 4.78 is 61.0. The quantitative estimate of drug-likeness (QED) is 0.422. The molecule has 3 aromatic heterocycles. The smallest absolute Gasteiger partial charge is 0.393 e. The molecule has 35 heavy (non-hydrogen) atoms. The Morgan fingerprint density at radius 2 is 2.14 bits per heavy atom. The third-order valence-electron chi connectivity index (χ3n) is 5.75. The maximum atomic E-state index is 14.5. The van der Waals surface area contributed by atoms with Crippen LogP contribution >= 0.6 is 0 Å². The van der Waals surface area contributed by atoms with Crippen molar-refractivity contribution in [3.63, 3.8) is 0 Å². The van der Waals surface area contributed by atoms with Gasteiger partial charge in [0.15, 0.2) is 0 Å². The van der Waals surface area contributed by atoms with Gasteiger partial charge in [0, 0.05) is 18.7 Å². The lowest BCUT2D eigenvalue weighted by Gasteiger charge is -2.33. The van der Waals surface area contributed by atoms with Gasteiger partial charge in [0.05, 0.1) is 30.1 Å². The fourth-order valence-corrected chi connectivity index (χ4v) is 4.03. The lowest BCUT2D eigenvalue weighted by molar-refractivity contribution is -0.127. The Morgan fingerprint density at radius 3 is 2.83 bits per heavy atom. The van der Waals surface area contributed by atoms with Gasteiger partial charge in [0.2, 0.25) is 0 Å². The molecule has 4 rings (SSSR count). The van der Waals surface area contributed by atoms with Gasteiger partial charge < -0.3 is 20.0 Å². The zero-order chi connectivity index (χ0) is 25.2. The number of aromatic nitrogens is 2. The van der Waals surface area contributed by atoms with Gasteiger partial charge in [0.1, 0.15) is 29.7 Å². The third kappa shape index (κ3) is 5.95. The van der Waals surface area contributed by atoms with Gasteiger partial charge in [-0.3, -0.25) is 4.79 Å². The number of amides is 1. The summed E-state index contributed by atoms with van der Waals surface area (Å²) in [5.41, 5.74) is 0.430. The first kappa shape index (κ1) is 24.6. The maximum absolute atomic E-state index is 14.5. The van der Waals surface area contributed by atoms with Crippen LogP contribution < -0.4 is 10.6 Å². The highest BCUT2D eigenvalue weighted by Crippen LogP contribution is 2.28. The van der Waals surface area contributed by atoms with E-state index in [1.165, 1.54) is 16.8 Å². The van der Waals surface area contributed by atoms with E-state index in [0.717, 1.165) is 0 Å². The van der Waals surface area contributed by atoms with Crippen molar-refractivity contribution in [2.75, 3.05) is 32.0 Å². The van der Waals surface area contributed by atoms with Crippen LogP contribution in [0.2, 0.25) is 0 Å². The Morgan fingerprint density at radius 1 is 1.34 bits per heavy atom. The summed E-state index contributed by atoms with van der Waals surface area (Å²) >= 11 is 0. The molecule has 11 heteroatoms. The molecule has 3 aromatic rings. The van der Waals surface area contributed by atoms with E-state index in [1.807, 2.05) is 11.9 Å². The zero-order valence-electron chi connectivity index (χ0n) is 19.2. The van der Waals surface area contributed by atoms with Gasteiger partial charge in [-0.25, -0.2) is 8.91 Å². The minimum atomic E-state index is -4.48. The lowest BCUT2D eigenvalue weighted by atomic mass is 10.0. The van der Waals surface area contributed by atoms with Crippen LogP contribution in [0.1, 0.15) is 33.8 Å². The molecule has 1 fully saturated rings. The second kappa shape index (κ2) is 10.00. The highest BCUT2D eigenvalue weighted by molar-refractivity contribution is 5.94. The van der Waals surface area contributed by atoms with Crippen LogP contribution in [-0.4, -0.2) is 65.5 Å². The molecule has 7 nitrogen and oxygen atoms in total. The number of piperidine rings is 1. The number of halogens is 4. The summed E-state index contributed by atoms with van der Waals surface area (Å²) in [7, 11) is 1.84. The molecule has 1 aliphatic heterocycles. The standard InChI is InChI=1S/C24H25F4N5O2/c1-15-11-16(14-35-15)23(34)29-9-4-5-19-17(12-24(26,27)28)21-6-3-7-22(33(21)31-19)30-20-8-10-32(2)13-18(20)25/h3,6-7,11,14,18,20,30H,8-10,12-13H2,1-2H3,(H,29,34)/t18-,20+/m0/s1. The number of anilines is 1. The van der Waals surface area contributed by atoms with Crippen molar-refractivity contribution in [3.05, 3.63) is 53.1 Å². The first-order valence-electron chi connectivity index (χ1n) is 11.1. The fraction of sp³-hybridized carbons (Fsp3) is 0.417. The molecule has 186 valence electrons. The van der Waals surface area contributed by atoms with Crippen LogP contribution in [-0.2, 0) is 6.42 Å². The van der Waals surface area contributed by atoms with E-state index in [4.69, 9.17) is 4.42 Å². The molecule has 2 N–H and O–H groups in total. The van der Waals surface area contributed by atoms with E-state index >= 15 is 0 Å². The van der Waals surface area contributed by atoms with Gasteiger partial charge in [0.25, 0.3) is 5.91 Å².